The molecule has 0 aromatic heterocycles. The summed E-state index contributed by atoms with van der Waals surface area (Å²) in [6, 6.07) is 10.7. The first-order valence-electron chi connectivity index (χ1n) is 7.68. The maximum absolute atomic E-state index is 9.55. The Morgan fingerprint density at radius 1 is 1.04 bits per heavy atom. The SMILES string of the molecule is CCN(CC)c1ccc2c(c1)O/C(=C\c1ccc(O)c(O)c1)N2. The molecule has 120 valence electrons. The summed E-state index contributed by atoms with van der Waals surface area (Å²) in [6.45, 7) is 6.13. The summed E-state index contributed by atoms with van der Waals surface area (Å²) in [4.78, 5) is 2.25. The molecule has 23 heavy (non-hydrogen) atoms. The molecule has 5 nitrogen and oxygen atoms in total. The van der Waals surface area contributed by atoms with Crippen LogP contribution in [-0.2, 0) is 0 Å². The van der Waals surface area contributed by atoms with Gasteiger partial charge in [0.2, 0.25) is 0 Å². The van der Waals surface area contributed by atoms with Crippen LogP contribution in [0.2, 0.25) is 0 Å². The Kier molecular flexibility index (Phi) is 4.02. The number of anilines is 2. The Labute approximate surface area is 135 Å². The quantitative estimate of drug-likeness (QED) is 0.750. The predicted molar refractivity (Wildman–Crippen MR) is 92.0 cm³/mol. The van der Waals surface area contributed by atoms with Gasteiger partial charge in [0, 0.05) is 30.9 Å². The summed E-state index contributed by atoms with van der Waals surface area (Å²) >= 11 is 0. The van der Waals surface area contributed by atoms with E-state index in [-0.39, 0.29) is 11.5 Å². The molecule has 0 saturated carbocycles. The lowest BCUT2D eigenvalue weighted by atomic mass is 10.2. The number of ether oxygens (including phenoxy) is 1. The van der Waals surface area contributed by atoms with Crippen LogP contribution >= 0.6 is 0 Å². The van der Waals surface area contributed by atoms with Crippen molar-refractivity contribution < 1.29 is 14.9 Å². The molecule has 0 spiro atoms. The van der Waals surface area contributed by atoms with Crippen LogP contribution in [0.15, 0.2) is 42.3 Å². The number of hydrogen-bond donors (Lipinski definition) is 3. The Balaban J connectivity index is 1.83. The number of nitrogens with one attached hydrogen (secondary N) is 1. The van der Waals surface area contributed by atoms with Crippen LogP contribution in [-0.4, -0.2) is 23.3 Å². The number of hydrogen-bond acceptors (Lipinski definition) is 5. The average molecular weight is 312 g/mol. The van der Waals surface area contributed by atoms with Crippen molar-refractivity contribution in [3.63, 3.8) is 0 Å². The normalized spacial score (nSPS) is 14.3. The minimum Gasteiger partial charge on any atom is -0.504 e. The van der Waals surface area contributed by atoms with E-state index in [0.717, 1.165) is 35.8 Å². The van der Waals surface area contributed by atoms with Gasteiger partial charge in [-0.15, -0.1) is 0 Å². The van der Waals surface area contributed by atoms with Crippen LogP contribution in [0.25, 0.3) is 6.08 Å². The third-order valence-corrected chi connectivity index (χ3v) is 3.87. The van der Waals surface area contributed by atoms with E-state index in [4.69, 9.17) is 4.74 Å². The van der Waals surface area contributed by atoms with Crippen molar-refractivity contribution in [3.05, 3.63) is 47.8 Å². The minimum atomic E-state index is -0.154. The van der Waals surface area contributed by atoms with E-state index in [0.29, 0.717) is 5.88 Å². The second kappa shape index (κ2) is 6.12. The predicted octanol–water partition coefficient (Wildman–Crippen LogP) is 3.75. The highest BCUT2D eigenvalue weighted by Gasteiger charge is 2.18. The largest absolute Gasteiger partial charge is 0.504 e. The second-order valence-electron chi connectivity index (χ2n) is 5.34. The standard InChI is InChI=1S/C18H20N2O3/c1-3-20(4-2)13-6-7-14-17(11-13)23-18(19-14)10-12-5-8-15(21)16(22)9-12/h5-11,19,21-22H,3-4H2,1-2H3/b18-10-. The molecule has 2 aromatic carbocycles. The van der Waals surface area contributed by atoms with Gasteiger partial charge >= 0.3 is 0 Å². The lowest BCUT2D eigenvalue weighted by Crippen LogP contribution is -2.21. The van der Waals surface area contributed by atoms with Crippen LogP contribution in [0.5, 0.6) is 17.2 Å². The van der Waals surface area contributed by atoms with Gasteiger partial charge in [-0.2, -0.15) is 0 Å². The summed E-state index contributed by atoms with van der Waals surface area (Å²) in [5.41, 5.74) is 2.77. The smallest absolute Gasteiger partial charge is 0.198 e. The molecule has 1 heterocycles. The molecule has 5 heteroatoms. The van der Waals surface area contributed by atoms with E-state index in [2.05, 4.69) is 30.1 Å². The molecule has 0 amide bonds. The van der Waals surface area contributed by atoms with Gasteiger partial charge < -0.3 is 25.2 Å². The molecule has 1 aliphatic heterocycles. The third-order valence-electron chi connectivity index (χ3n) is 3.87. The van der Waals surface area contributed by atoms with Crippen molar-refractivity contribution >= 4 is 17.5 Å². The Morgan fingerprint density at radius 3 is 2.52 bits per heavy atom. The van der Waals surface area contributed by atoms with Gasteiger partial charge in [-0.3, -0.25) is 0 Å². The highest BCUT2D eigenvalue weighted by atomic mass is 16.5. The van der Waals surface area contributed by atoms with Crippen LogP contribution in [0, 0.1) is 0 Å². The number of rotatable bonds is 4. The van der Waals surface area contributed by atoms with Crippen molar-refractivity contribution in [2.75, 3.05) is 23.3 Å². The van der Waals surface area contributed by atoms with E-state index in [1.54, 1.807) is 12.1 Å². The van der Waals surface area contributed by atoms with E-state index < -0.39 is 0 Å². The lowest BCUT2D eigenvalue weighted by Gasteiger charge is -2.21. The molecule has 2 aromatic rings. The van der Waals surface area contributed by atoms with Crippen molar-refractivity contribution in [2.45, 2.75) is 13.8 Å². The maximum Gasteiger partial charge on any atom is 0.198 e. The van der Waals surface area contributed by atoms with Gasteiger partial charge in [-0.25, -0.2) is 0 Å². The van der Waals surface area contributed by atoms with Gasteiger partial charge in [0.05, 0.1) is 5.69 Å². The maximum atomic E-state index is 9.55. The number of phenolic OH excluding ortho intramolecular Hbond substituents is 2. The highest BCUT2D eigenvalue weighted by molar-refractivity contribution is 5.72. The molecule has 0 saturated heterocycles. The van der Waals surface area contributed by atoms with Crippen molar-refractivity contribution in [2.24, 2.45) is 0 Å². The molecule has 0 fully saturated rings. The number of nitrogens with zero attached hydrogens (tertiary/aromatic N) is 1. The van der Waals surface area contributed by atoms with Gasteiger partial charge in [0.1, 0.15) is 0 Å². The number of aromatic hydroxyl groups is 2. The third kappa shape index (κ3) is 3.04. The number of benzene rings is 2. The lowest BCUT2D eigenvalue weighted by molar-refractivity contribution is 0.403. The van der Waals surface area contributed by atoms with E-state index in [1.165, 1.54) is 12.1 Å². The van der Waals surface area contributed by atoms with E-state index in [1.807, 2.05) is 12.1 Å². The van der Waals surface area contributed by atoms with Crippen LogP contribution in [0.1, 0.15) is 19.4 Å². The molecular formula is C18H20N2O3. The molecule has 0 unspecified atom stereocenters. The number of fused-ring (bicyclic) bond motifs is 1. The molecule has 0 atom stereocenters. The fraction of sp³-hybridized carbons (Fsp3) is 0.222. The average Bonchev–Trinajstić information content (AvgIpc) is 2.94. The fourth-order valence-electron chi connectivity index (χ4n) is 2.61. The van der Waals surface area contributed by atoms with Crippen LogP contribution in [0.3, 0.4) is 0 Å². The van der Waals surface area contributed by atoms with Crippen LogP contribution < -0.4 is 15.0 Å². The monoisotopic (exact) mass is 312 g/mol. The second-order valence-corrected chi connectivity index (χ2v) is 5.34. The van der Waals surface area contributed by atoms with Gasteiger partial charge in [-0.1, -0.05) is 6.07 Å². The van der Waals surface area contributed by atoms with Crippen LogP contribution in [0.4, 0.5) is 11.4 Å². The Hall–Kier alpha value is -2.82. The fourth-order valence-corrected chi connectivity index (χ4v) is 2.61. The van der Waals surface area contributed by atoms with Gasteiger partial charge in [0.25, 0.3) is 0 Å². The van der Waals surface area contributed by atoms with E-state index >= 15 is 0 Å². The molecule has 0 bridgehead atoms. The highest BCUT2D eigenvalue weighted by Crippen LogP contribution is 2.37. The van der Waals surface area contributed by atoms with Crippen molar-refractivity contribution in [3.8, 4) is 17.2 Å². The molecular weight excluding hydrogens is 292 g/mol. The molecule has 3 rings (SSSR count). The van der Waals surface area contributed by atoms with E-state index in [9.17, 15) is 10.2 Å². The first kappa shape index (κ1) is 15.1. The summed E-state index contributed by atoms with van der Waals surface area (Å²) in [5.74, 6) is 1.07. The zero-order chi connectivity index (χ0) is 16.4. The molecule has 0 aliphatic carbocycles. The summed E-state index contributed by atoms with van der Waals surface area (Å²) in [6.07, 6.45) is 1.77. The van der Waals surface area contributed by atoms with Gasteiger partial charge in [0.15, 0.2) is 23.1 Å². The topological polar surface area (TPSA) is 65.0 Å². The molecule has 0 radical (unpaired) electrons. The van der Waals surface area contributed by atoms with Crippen molar-refractivity contribution in [1.82, 2.24) is 0 Å². The zero-order valence-corrected chi connectivity index (χ0v) is 13.2. The number of phenols is 2. The first-order chi connectivity index (χ1) is 11.1. The molecule has 1 aliphatic rings. The van der Waals surface area contributed by atoms with Crippen molar-refractivity contribution in [1.29, 1.82) is 0 Å². The first-order valence-corrected chi connectivity index (χ1v) is 7.68. The molecule has 3 N–H and O–H groups in total. The Bertz CT molecular complexity index is 752. The zero-order valence-electron chi connectivity index (χ0n) is 13.2. The summed E-state index contributed by atoms with van der Waals surface area (Å²) < 4.78 is 5.84. The summed E-state index contributed by atoms with van der Waals surface area (Å²) in [7, 11) is 0. The Morgan fingerprint density at radius 2 is 1.83 bits per heavy atom. The minimum absolute atomic E-state index is 0.139. The van der Waals surface area contributed by atoms with Gasteiger partial charge in [-0.05, 0) is 43.7 Å². The summed E-state index contributed by atoms with van der Waals surface area (Å²) in [5, 5.41) is 22.1.